The van der Waals surface area contributed by atoms with Gasteiger partial charge in [-0.2, -0.15) is 9.78 Å². The van der Waals surface area contributed by atoms with Gasteiger partial charge in [-0.15, -0.1) is 0 Å². The summed E-state index contributed by atoms with van der Waals surface area (Å²) in [5, 5.41) is 10.9. The van der Waals surface area contributed by atoms with Gasteiger partial charge in [-0.3, -0.25) is 0 Å². The zero-order valence-electron chi connectivity index (χ0n) is 12.1. The van der Waals surface area contributed by atoms with Crippen LogP contribution in [-0.4, -0.2) is 23.8 Å². The molecule has 3 aliphatic rings. The standard InChI is InChI=1S/C16H20O4/c1-14(17)16(15(2,18-3)20-19-14)12-8-9-13(16)11-7-5-4-6-10(11)12/h4-7,12-13,17H,8-9H2,1-3H3/t12-,13+,14-,15+,16?/m1/s1. The zero-order chi connectivity index (χ0) is 14.2. The molecular weight excluding hydrogens is 256 g/mol. The molecule has 5 atom stereocenters. The van der Waals surface area contributed by atoms with Crippen molar-refractivity contribution >= 4 is 0 Å². The number of methoxy groups -OCH3 is 1. The van der Waals surface area contributed by atoms with Gasteiger partial charge in [0.1, 0.15) is 0 Å². The van der Waals surface area contributed by atoms with Gasteiger partial charge >= 0.3 is 0 Å². The van der Waals surface area contributed by atoms with E-state index in [9.17, 15) is 5.11 Å². The van der Waals surface area contributed by atoms with Gasteiger partial charge in [-0.25, -0.2) is 0 Å². The molecule has 0 amide bonds. The van der Waals surface area contributed by atoms with Gasteiger partial charge in [0, 0.05) is 18.9 Å². The average molecular weight is 276 g/mol. The minimum atomic E-state index is -1.36. The van der Waals surface area contributed by atoms with Crippen molar-refractivity contribution in [2.75, 3.05) is 7.11 Å². The van der Waals surface area contributed by atoms with Gasteiger partial charge in [0.2, 0.25) is 11.6 Å². The summed E-state index contributed by atoms with van der Waals surface area (Å²) >= 11 is 0. The Morgan fingerprint density at radius 2 is 1.65 bits per heavy atom. The van der Waals surface area contributed by atoms with Crippen molar-refractivity contribution in [3.05, 3.63) is 35.4 Å². The van der Waals surface area contributed by atoms with Gasteiger partial charge < -0.3 is 9.84 Å². The average Bonchev–Trinajstić information content (AvgIpc) is 3.05. The molecule has 1 saturated heterocycles. The molecule has 1 saturated carbocycles. The molecule has 4 heteroatoms. The SMILES string of the molecule is CO[C@@]1(C)OO[C@@](C)(O)C12[C@@H]1CC[C@H]2c2ccccc21. The lowest BCUT2D eigenvalue weighted by atomic mass is 9.64. The first-order chi connectivity index (χ1) is 9.48. The Morgan fingerprint density at radius 3 is 2.15 bits per heavy atom. The molecule has 1 spiro atoms. The summed E-state index contributed by atoms with van der Waals surface area (Å²) in [4.78, 5) is 10.8. The third kappa shape index (κ3) is 1.11. The maximum Gasteiger partial charge on any atom is 0.210 e. The van der Waals surface area contributed by atoms with Crippen LogP contribution in [0.1, 0.15) is 49.7 Å². The van der Waals surface area contributed by atoms with Crippen LogP contribution in [0.2, 0.25) is 0 Å². The molecule has 0 radical (unpaired) electrons. The van der Waals surface area contributed by atoms with Crippen LogP contribution in [0.5, 0.6) is 0 Å². The van der Waals surface area contributed by atoms with Crippen molar-refractivity contribution in [1.82, 2.24) is 0 Å². The topological polar surface area (TPSA) is 47.9 Å². The summed E-state index contributed by atoms with van der Waals surface area (Å²) in [6, 6.07) is 8.43. The lowest BCUT2D eigenvalue weighted by Gasteiger charge is -2.44. The molecule has 1 aromatic rings. The van der Waals surface area contributed by atoms with E-state index in [0.29, 0.717) is 0 Å². The fourth-order valence-electron chi connectivity index (χ4n) is 5.18. The van der Waals surface area contributed by atoms with E-state index in [1.54, 1.807) is 14.0 Å². The van der Waals surface area contributed by atoms with E-state index in [1.807, 2.05) is 6.92 Å². The molecule has 2 aliphatic carbocycles. The Labute approximate surface area is 118 Å². The first-order valence-corrected chi connectivity index (χ1v) is 7.21. The first-order valence-electron chi connectivity index (χ1n) is 7.21. The van der Waals surface area contributed by atoms with Crippen LogP contribution in [-0.2, 0) is 14.5 Å². The summed E-state index contributed by atoms with van der Waals surface area (Å²) in [7, 11) is 1.62. The van der Waals surface area contributed by atoms with Crippen molar-refractivity contribution in [3.8, 4) is 0 Å². The number of fused-ring (bicyclic) bond motifs is 3. The van der Waals surface area contributed by atoms with Crippen molar-refractivity contribution in [3.63, 3.8) is 0 Å². The molecule has 4 rings (SSSR count). The largest absolute Gasteiger partial charge is 0.363 e. The molecule has 1 unspecified atom stereocenters. The second-order valence-corrected chi connectivity index (χ2v) is 6.48. The van der Waals surface area contributed by atoms with Gasteiger partial charge in [0.05, 0.1) is 5.41 Å². The monoisotopic (exact) mass is 276 g/mol. The fourth-order valence-corrected chi connectivity index (χ4v) is 5.18. The highest BCUT2D eigenvalue weighted by atomic mass is 17.3. The fraction of sp³-hybridized carbons (Fsp3) is 0.625. The zero-order valence-corrected chi connectivity index (χ0v) is 12.1. The molecule has 1 heterocycles. The van der Waals surface area contributed by atoms with Gasteiger partial charge in [0.15, 0.2) is 0 Å². The van der Waals surface area contributed by atoms with E-state index in [-0.39, 0.29) is 11.8 Å². The summed E-state index contributed by atoms with van der Waals surface area (Å²) < 4.78 is 5.68. The molecule has 108 valence electrons. The van der Waals surface area contributed by atoms with Crippen LogP contribution >= 0.6 is 0 Å². The van der Waals surface area contributed by atoms with E-state index in [4.69, 9.17) is 14.5 Å². The smallest absolute Gasteiger partial charge is 0.210 e. The molecule has 1 N–H and O–H groups in total. The van der Waals surface area contributed by atoms with E-state index in [1.165, 1.54) is 11.1 Å². The Kier molecular flexibility index (Phi) is 2.32. The molecule has 2 fully saturated rings. The number of rotatable bonds is 1. The maximum absolute atomic E-state index is 10.9. The second-order valence-electron chi connectivity index (χ2n) is 6.48. The third-order valence-electron chi connectivity index (χ3n) is 5.86. The molecule has 4 nitrogen and oxygen atoms in total. The minimum Gasteiger partial charge on any atom is -0.363 e. The predicted octanol–water partition coefficient (Wildman–Crippen LogP) is 2.68. The summed E-state index contributed by atoms with van der Waals surface area (Å²) in [5.74, 6) is -1.90. The van der Waals surface area contributed by atoms with E-state index in [0.717, 1.165) is 12.8 Å². The van der Waals surface area contributed by atoms with E-state index in [2.05, 4.69) is 24.3 Å². The van der Waals surface area contributed by atoms with Crippen LogP contribution in [0.25, 0.3) is 0 Å². The highest BCUT2D eigenvalue weighted by Crippen LogP contribution is 2.75. The number of hydrogen-bond acceptors (Lipinski definition) is 4. The molecule has 0 aromatic heterocycles. The van der Waals surface area contributed by atoms with E-state index >= 15 is 0 Å². The maximum atomic E-state index is 10.9. The van der Waals surface area contributed by atoms with Crippen molar-refractivity contribution < 1.29 is 19.6 Å². The van der Waals surface area contributed by atoms with E-state index < -0.39 is 17.0 Å². The molecule has 1 aliphatic heterocycles. The van der Waals surface area contributed by atoms with Gasteiger partial charge in [0.25, 0.3) is 0 Å². The van der Waals surface area contributed by atoms with Gasteiger partial charge in [-0.05, 0) is 37.8 Å². The third-order valence-corrected chi connectivity index (χ3v) is 5.86. The van der Waals surface area contributed by atoms with Crippen LogP contribution < -0.4 is 0 Å². The Balaban J connectivity index is 1.98. The highest BCUT2D eigenvalue weighted by Gasteiger charge is 2.79. The molecule has 2 bridgehead atoms. The van der Waals surface area contributed by atoms with Crippen LogP contribution in [0.3, 0.4) is 0 Å². The van der Waals surface area contributed by atoms with Crippen LogP contribution in [0.15, 0.2) is 24.3 Å². The summed E-state index contributed by atoms with van der Waals surface area (Å²) in [5.41, 5.74) is 2.03. The van der Waals surface area contributed by atoms with Crippen molar-refractivity contribution in [1.29, 1.82) is 0 Å². The number of hydrogen-bond donors (Lipinski definition) is 1. The second kappa shape index (κ2) is 3.63. The number of benzene rings is 1. The number of aliphatic hydroxyl groups is 1. The van der Waals surface area contributed by atoms with Crippen LogP contribution in [0, 0.1) is 5.41 Å². The number of ether oxygens (including phenoxy) is 1. The molecule has 20 heavy (non-hydrogen) atoms. The quantitative estimate of drug-likeness (QED) is 0.801. The Hall–Kier alpha value is -0.940. The lowest BCUT2D eigenvalue weighted by molar-refractivity contribution is -0.418. The summed E-state index contributed by atoms with van der Waals surface area (Å²) in [6.07, 6.45) is 2.06. The van der Waals surface area contributed by atoms with Crippen LogP contribution in [0.4, 0.5) is 0 Å². The van der Waals surface area contributed by atoms with Gasteiger partial charge in [-0.1, -0.05) is 24.3 Å². The highest BCUT2D eigenvalue weighted by molar-refractivity contribution is 5.48. The Morgan fingerprint density at radius 1 is 1.10 bits per heavy atom. The molecular formula is C16H20O4. The summed E-state index contributed by atoms with van der Waals surface area (Å²) in [6.45, 7) is 3.58. The predicted molar refractivity (Wildman–Crippen MR) is 71.8 cm³/mol. The minimum absolute atomic E-state index is 0.200. The Bertz CT molecular complexity index is 536. The lowest BCUT2D eigenvalue weighted by Crippen LogP contribution is -2.56. The first kappa shape index (κ1) is 12.8. The normalized spacial score (nSPS) is 49.0. The molecule has 1 aromatic carbocycles. The van der Waals surface area contributed by atoms with Crippen molar-refractivity contribution in [2.24, 2.45) is 5.41 Å². The van der Waals surface area contributed by atoms with Crippen molar-refractivity contribution in [2.45, 2.75) is 50.1 Å².